The standard InChI is InChI=1S/C29H34N4O3/c1-35-25-11-13-26(14-12-25)36-21-24(34)20-32-17-15-23(16-18-32)30-29-31-27-9-5-6-10-28(27)33(29)19-22-7-3-2-4-8-22/h2-14,23-24,34H,15-21H2,1H3,(H,30,31). The van der Waals surface area contributed by atoms with E-state index < -0.39 is 6.10 Å². The number of ether oxygens (including phenoxy) is 2. The zero-order valence-corrected chi connectivity index (χ0v) is 20.7. The largest absolute Gasteiger partial charge is 0.497 e. The van der Waals surface area contributed by atoms with Gasteiger partial charge in [0.1, 0.15) is 24.2 Å². The van der Waals surface area contributed by atoms with Crippen LogP contribution in [-0.2, 0) is 6.54 Å². The van der Waals surface area contributed by atoms with Crippen molar-refractivity contribution in [1.82, 2.24) is 14.5 Å². The molecule has 7 heteroatoms. The highest BCUT2D eigenvalue weighted by Crippen LogP contribution is 2.24. The number of piperidine rings is 1. The van der Waals surface area contributed by atoms with Crippen molar-refractivity contribution >= 4 is 17.0 Å². The molecule has 0 aliphatic carbocycles. The molecule has 0 saturated carbocycles. The molecule has 2 N–H and O–H groups in total. The minimum absolute atomic E-state index is 0.272. The number of imidazole rings is 1. The topological polar surface area (TPSA) is 71.8 Å². The van der Waals surface area contributed by atoms with Gasteiger partial charge in [-0.05, 0) is 54.8 Å². The van der Waals surface area contributed by atoms with Crippen LogP contribution in [0.2, 0.25) is 0 Å². The van der Waals surface area contributed by atoms with E-state index in [1.54, 1.807) is 7.11 Å². The summed E-state index contributed by atoms with van der Waals surface area (Å²) in [4.78, 5) is 7.22. The number of fused-ring (bicyclic) bond motifs is 1. The van der Waals surface area contributed by atoms with Crippen molar-refractivity contribution in [3.63, 3.8) is 0 Å². The molecule has 5 rings (SSSR count). The van der Waals surface area contributed by atoms with E-state index in [2.05, 4.69) is 57.2 Å². The first-order chi connectivity index (χ1) is 17.7. The number of benzene rings is 3. The fraction of sp³-hybridized carbons (Fsp3) is 0.345. The van der Waals surface area contributed by atoms with Gasteiger partial charge in [-0.1, -0.05) is 42.5 Å². The summed E-state index contributed by atoms with van der Waals surface area (Å²) >= 11 is 0. The van der Waals surface area contributed by atoms with Gasteiger partial charge >= 0.3 is 0 Å². The van der Waals surface area contributed by atoms with Gasteiger partial charge in [0, 0.05) is 25.7 Å². The van der Waals surface area contributed by atoms with E-state index in [0.29, 0.717) is 12.6 Å². The number of aromatic nitrogens is 2. The Morgan fingerprint density at radius 3 is 2.39 bits per heavy atom. The first-order valence-corrected chi connectivity index (χ1v) is 12.6. The summed E-state index contributed by atoms with van der Waals surface area (Å²) in [7, 11) is 1.64. The van der Waals surface area contributed by atoms with Crippen molar-refractivity contribution in [2.24, 2.45) is 0 Å². The highest BCUT2D eigenvalue weighted by molar-refractivity contribution is 5.78. The highest BCUT2D eigenvalue weighted by Gasteiger charge is 2.23. The molecule has 1 aromatic heterocycles. The number of likely N-dealkylation sites (tertiary alicyclic amines) is 1. The zero-order chi connectivity index (χ0) is 24.7. The predicted molar refractivity (Wildman–Crippen MR) is 143 cm³/mol. The predicted octanol–water partition coefficient (Wildman–Crippen LogP) is 4.41. The van der Waals surface area contributed by atoms with E-state index in [4.69, 9.17) is 14.5 Å². The lowest BCUT2D eigenvalue weighted by Crippen LogP contribution is -2.43. The van der Waals surface area contributed by atoms with Crippen molar-refractivity contribution in [2.45, 2.75) is 31.5 Å². The molecule has 4 aromatic rings. The van der Waals surface area contributed by atoms with Crippen molar-refractivity contribution in [1.29, 1.82) is 0 Å². The van der Waals surface area contributed by atoms with Crippen LogP contribution >= 0.6 is 0 Å². The molecule has 0 amide bonds. The third-order valence-electron chi connectivity index (χ3n) is 6.73. The molecule has 188 valence electrons. The van der Waals surface area contributed by atoms with Gasteiger partial charge < -0.3 is 29.4 Å². The number of β-amino-alcohol motifs (C(OH)–C–C–N with tert-alkyl or cyclic N) is 1. The summed E-state index contributed by atoms with van der Waals surface area (Å²) in [6.07, 6.45) is 1.47. The molecule has 2 heterocycles. The fourth-order valence-electron chi connectivity index (χ4n) is 4.77. The molecular weight excluding hydrogens is 452 g/mol. The summed E-state index contributed by atoms with van der Waals surface area (Å²) in [6, 6.07) is 26.6. The van der Waals surface area contributed by atoms with Gasteiger partial charge in [-0.2, -0.15) is 0 Å². The summed E-state index contributed by atoms with van der Waals surface area (Å²) in [5, 5.41) is 14.2. The number of anilines is 1. The smallest absolute Gasteiger partial charge is 0.204 e. The molecular formula is C29H34N4O3. The van der Waals surface area contributed by atoms with Gasteiger partial charge in [0.05, 0.1) is 24.7 Å². The van der Waals surface area contributed by atoms with E-state index in [1.165, 1.54) is 5.56 Å². The molecule has 36 heavy (non-hydrogen) atoms. The number of aliphatic hydroxyl groups is 1. The molecule has 0 spiro atoms. The van der Waals surface area contributed by atoms with Crippen molar-refractivity contribution in [2.75, 3.05) is 38.7 Å². The average Bonchev–Trinajstić information content (AvgIpc) is 3.26. The van der Waals surface area contributed by atoms with Crippen molar-refractivity contribution in [3.05, 3.63) is 84.4 Å². The molecule has 1 fully saturated rings. The quantitative estimate of drug-likeness (QED) is 0.346. The summed E-state index contributed by atoms with van der Waals surface area (Å²) < 4.78 is 13.2. The second kappa shape index (κ2) is 11.5. The Hall–Kier alpha value is -3.55. The van der Waals surface area contributed by atoms with Crippen LogP contribution in [0.25, 0.3) is 11.0 Å². The SMILES string of the molecule is COc1ccc(OCC(O)CN2CCC(Nc3nc4ccccc4n3Cc3ccccc3)CC2)cc1. The second-order valence-corrected chi connectivity index (χ2v) is 9.36. The van der Waals surface area contributed by atoms with Crippen molar-refractivity contribution in [3.8, 4) is 11.5 Å². The summed E-state index contributed by atoms with van der Waals surface area (Å²) in [6.45, 7) is 3.51. The second-order valence-electron chi connectivity index (χ2n) is 9.36. The molecule has 1 saturated heterocycles. The number of methoxy groups -OCH3 is 1. The molecule has 3 aromatic carbocycles. The van der Waals surface area contributed by atoms with Crippen LogP contribution in [-0.4, -0.2) is 65.1 Å². The van der Waals surface area contributed by atoms with Crippen LogP contribution in [0, 0.1) is 0 Å². The van der Waals surface area contributed by atoms with Crippen molar-refractivity contribution < 1.29 is 14.6 Å². The van der Waals surface area contributed by atoms with Crippen LogP contribution in [0.1, 0.15) is 18.4 Å². The minimum Gasteiger partial charge on any atom is -0.497 e. The molecule has 1 aliphatic heterocycles. The first kappa shape index (κ1) is 24.2. The lowest BCUT2D eigenvalue weighted by molar-refractivity contribution is 0.0604. The third kappa shape index (κ3) is 5.98. The van der Waals surface area contributed by atoms with E-state index in [-0.39, 0.29) is 6.61 Å². The number of hydrogen-bond donors (Lipinski definition) is 2. The summed E-state index contributed by atoms with van der Waals surface area (Å²) in [5.74, 6) is 2.44. The number of rotatable bonds is 10. The monoisotopic (exact) mass is 486 g/mol. The van der Waals surface area contributed by atoms with Gasteiger partial charge in [-0.25, -0.2) is 4.98 Å². The third-order valence-corrected chi connectivity index (χ3v) is 6.73. The van der Waals surface area contributed by atoms with Gasteiger partial charge in [0.2, 0.25) is 5.95 Å². The van der Waals surface area contributed by atoms with E-state index in [9.17, 15) is 5.11 Å². The number of aliphatic hydroxyl groups excluding tert-OH is 1. The van der Waals surface area contributed by atoms with E-state index >= 15 is 0 Å². The number of nitrogens with zero attached hydrogens (tertiary/aromatic N) is 3. The lowest BCUT2D eigenvalue weighted by atomic mass is 10.0. The molecule has 1 unspecified atom stereocenters. The van der Waals surface area contributed by atoms with Gasteiger partial charge in [-0.3, -0.25) is 0 Å². The molecule has 7 nitrogen and oxygen atoms in total. The first-order valence-electron chi connectivity index (χ1n) is 12.6. The molecule has 1 aliphatic rings. The van der Waals surface area contributed by atoms with Gasteiger partial charge in [0.25, 0.3) is 0 Å². The fourth-order valence-corrected chi connectivity index (χ4v) is 4.77. The van der Waals surface area contributed by atoms with Crippen LogP contribution < -0.4 is 14.8 Å². The van der Waals surface area contributed by atoms with Crippen LogP contribution in [0.5, 0.6) is 11.5 Å². The number of hydrogen-bond acceptors (Lipinski definition) is 6. The number of nitrogens with one attached hydrogen (secondary N) is 1. The Kier molecular flexibility index (Phi) is 7.69. The van der Waals surface area contributed by atoms with E-state index in [1.807, 2.05) is 36.4 Å². The summed E-state index contributed by atoms with van der Waals surface area (Å²) in [5.41, 5.74) is 3.40. The Morgan fingerprint density at radius 2 is 1.64 bits per heavy atom. The zero-order valence-electron chi connectivity index (χ0n) is 20.7. The highest BCUT2D eigenvalue weighted by atomic mass is 16.5. The Labute approximate surface area is 212 Å². The maximum Gasteiger partial charge on any atom is 0.204 e. The van der Waals surface area contributed by atoms with Gasteiger partial charge in [-0.15, -0.1) is 0 Å². The van der Waals surface area contributed by atoms with E-state index in [0.717, 1.165) is 61.0 Å². The maximum atomic E-state index is 10.5. The molecule has 0 radical (unpaired) electrons. The Morgan fingerprint density at radius 1 is 0.944 bits per heavy atom. The molecule has 0 bridgehead atoms. The Balaban J connectivity index is 1.14. The van der Waals surface area contributed by atoms with Crippen LogP contribution in [0.15, 0.2) is 78.9 Å². The Bertz CT molecular complexity index is 1230. The van der Waals surface area contributed by atoms with Gasteiger partial charge in [0.15, 0.2) is 0 Å². The lowest BCUT2D eigenvalue weighted by Gasteiger charge is -2.33. The number of para-hydroxylation sites is 2. The maximum absolute atomic E-state index is 10.5. The van der Waals surface area contributed by atoms with Crippen LogP contribution in [0.4, 0.5) is 5.95 Å². The molecule has 1 atom stereocenters. The minimum atomic E-state index is -0.535. The normalized spacial score (nSPS) is 15.6. The average molecular weight is 487 g/mol. The van der Waals surface area contributed by atoms with Crippen LogP contribution in [0.3, 0.4) is 0 Å².